The van der Waals surface area contributed by atoms with E-state index < -0.39 is 0 Å². The predicted molar refractivity (Wildman–Crippen MR) is 108 cm³/mol. The van der Waals surface area contributed by atoms with Gasteiger partial charge in [-0.3, -0.25) is 14.9 Å². The van der Waals surface area contributed by atoms with Crippen molar-refractivity contribution in [2.75, 3.05) is 5.32 Å². The Morgan fingerprint density at radius 3 is 2.57 bits per heavy atom. The zero-order valence-corrected chi connectivity index (χ0v) is 15.7. The van der Waals surface area contributed by atoms with Crippen LogP contribution in [0.4, 0.5) is 9.52 Å². The Hall–Kier alpha value is -3.32. The van der Waals surface area contributed by atoms with Gasteiger partial charge < -0.3 is 5.32 Å². The molecule has 0 bridgehead atoms. The summed E-state index contributed by atoms with van der Waals surface area (Å²) in [5.41, 5.74) is 2.31. The number of nitrogens with one attached hydrogen (secondary N) is 2. The number of anilines is 1. The number of thiazole rings is 1. The maximum absolute atomic E-state index is 12.9. The van der Waals surface area contributed by atoms with E-state index in [2.05, 4.69) is 15.6 Å². The standard InChI is InChI=1S/C21H18FN3O2S/c22-17-9-6-16(7-10-17)13-23-20(27)12-18-14-28-21(24-18)25-19(26)11-8-15-4-2-1-3-5-15/h1-11,14H,12-13H2,(H,23,27)(H,24,25,26)/b11-8+. The van der Waals surface area contributed by atoms with Gasteiger partial charge in [-0.15, -0.1) is 11.3 Å². The molecule has 0 spiro atoms. The Balaban J connectivity index is 1.46. The fourth-order valence-corrected chi connectivity index (χ4v) is 3.07. The van der Waals surface area contributed by atoms with Gasteiger partial charge in [-0.05, 0) is 29.3 Å². The van der Waals surface area contributed by atoms with Crippen LogP contribution in [0.1, 0.15) is 16.8 Å². The molecule has 0 unspecified atom stereocenters. The third-order valence-corrected chi connectivity index (χ3v) is 4.56. The van der Waals surface area contributed by atoms with Crippen LogP contribution in [0.15, 0.2) is 66.1 Å². The van der Waals surface area contributed by atoms with Crippen molar-refractivity contribution in [3.63, 3.8) is 0 Å². The van der Waals surface area contributed by atoms with Crippen LogP contribution in [-0.2, 0) is 22.6 Å². The summed E-state index contributed by atoms with van der Waals surface area (Å²) in [6.07, 6.45) is 3.26. The summed E-state index contributed by atoms with van der Waals surface area (Å²) in [5.74, 6) is -0.798. The monoisotopic (exact) mass is 395 g/mol. The normalized spacial score (nSPS) is 10.8. The number of aromatic nitrogens is 1. The van der Waals surface area contributed by atoms with E-state index in [0.717, 1.165) is 11.1 Å². The van der Waals surface area contributed by atoms with Gasteiger partial charge in [0, 0.05) is 18.0 Å². The van der Waals surface area contributed by atoms with E-state index in [4.69, 9.17) is 0 Å². The number of carbonyl (C=O) groups is 2. The molecule has 0 saturated carbocycles. The second-order valence-corrected chi connectivity index (χ2v) is 6.82. The van der Waals surface area contributed by atoms with Crippen LogP contribution in [0.5, 0.6) is 0 Å². The fourth-order valence-electron chi connectivity index (χ4n) is 2.36. The van der Waals surface area contributed by atoms with Crippen molar-refractivity contribution < 1.29 is 14.0 Å². The molecule has 3 rings (SSSR count). The minimum absolute atomic E-state index is 0.105. The molecular weight excluding hydrogens is 377 g/mol. The summed E-state index contributed by atoms with van der Waals surface area (Å²) in [6, 6.07) is 15.4. The number of hydrogen-bond acceptors (Lipinski definition) is 4. The first-order valence-corrected chi connectivity index (χ1v) is 9.46. The van der Waals surface area contributed by atoms with Crippen LogP contribution in [0.3, 0.4) is 0 Å². The molecule has 5 nitrogen and oxygen atoms in total. The predicted octanol–water partition coefficient (Wildman–Crippen LogP) is 3.79. The highest BCUT2D eigenvalue weighted by molar-refractivity contribution is 7.14. The molecular formula is C21H18FN3O2S. The largest absolute Gasteiger partial charge is 0.352 e. The minimum atomic E-state index is -0.314. The molecule has 0 radical (unpaired) electrons. The highest BCUT2D eigenvalue weighted by atomic mass is 32.1. The molecule has 2 aromatic carbocycles. The van der Waals surface area contributed by atoms with Gasteiger partial charge >= 0.3 is 0 Å². The lowest BCUT2D eigenvalue weighted by molar-refractivity contribution is -0.120. The molecule has 0 aliphatic heterocycles. The van der Waals surface area contributed by atoms with E-state index >= 15 is 0 Å². The lowest BCUT2D eigenvalue weighted by atomic mass is 10.2. The number of hydrogen-bond donors (Lipinski definition) is 2. The van der Waals surface area contributed by atoms with E-state index in [9.17, 15) is 14.0 Å². The Kier molecular flexibility index (Phi) is 6.64. The molecule has 2 amide bonds. The van der Waals surface area contributed by atoms with Crippen molar-refractivity contribution >= 4 is 34.4 Å². The molecule has 2 N–H and O–H groups in total. The van der Waals surface area contributed by atoms with Gasteiger partial charge in [0.1, 0.15) is 5.82 Å². The molecule has 142 valence electrons. The van der Waals surface area contributed by atoms with Crippen LogP contribution < -0.4 is 10.6 Å². The van der Waals surface area contributed by atoms with E-state index in [1.807, 2.05) is 30.3 Å². The summed E-state index contributed by atoms with van der Waals surface area (Å²) in [4.78, 5) is 28.2. The highest BCUT2D eigenvalue weighted by Gasteiger charge is 2.09. The van der Waals surface area contributed by atoms with Gasteiger partial charge in [0.15, 0.2) is 5.13 Å². The third kappa shape index (κ3) is 6.14. The number of halogens is 1. The Morgan fingerprint density at radius 2 is 1.82 bits per heavy atom. The number of benzene rings is 2. The van der Waals surface area contributed by atoms with E-state index in [1.165, 1.54) is 29.5 Å². The Bertz CT molecular complexity index is 969. The van der Waals surface area contributed by atoms with E-state index in [1.54, 1.807) is 23.6 Å². The minimum Gasteiger partial charge on any atom is -0.352 e. The van der Waals surface area contributed by atoms with Crippen LogP contribution in [0, 0.1) is 5.82 Å². The van der Waals surface area contributed by atoms with Crippen molar-refractivity contribution in [1.82, 2.24) is 10.3 Å². The van der Waals surface area contributed by atoms with Gasteiger partial charge in [0.25, 0.3) is 0 Å². The molecule has 0 saturated heterocycles. The second kappa shape index (κ2) is 9.57. The molecule has 1 aromatic heterocycles. The molecule has 1 heterocycles. The molecule has 0 atom stereocenters. The molecule has 0 aliphatic rings. The van der Waals surface area contributed by atoms with Gasteiger partial charge in [-0.25, -0.2) is 9.37 Å². The van der Waals surface area contributed by atoms with Crippen molar-refractivity contribution in [1.29, 1.82) is 0 Å². The van der Waals surface area contributed by atoms with Crippen molar-refractivity contribution in [3.05, 3.63) is 88.7 Å². The van der Waals surface area contributed by atoms with Crippen LogP contribution in [-0.4, -0.2) is 16.8 Å². The average Bonchev–Trinajstić information content (AvgIpc) is 3.13. The molecule has 3 aromatic rings. The van der Waals surface area contributed by atoms with Crippen LogP contribution in [0.25, 0.3) is 6.08 Å². The van der Waals surface area contributed by atoms with E-state index in [0.29, 0.717) is 17.4 Å². The maximum atomic E-state index is 12.9. The SMILES string of the molecule is O=C(/C=C/c1ccccc1)Nc1nc(CC(=O)NCc2ccc(F)cc2)cs1. The lowest BCUT2D eigenvalue weighted by Crippen LogP contribution is -2.24. The van der Waals surface area contributed by atoms with Crippen LogP contribution in [0.2, 0.25) is 0 Å². The first-order chi connectivity index (χ1) is 13.6. The van der Waals surface area contributed by atoms with Crippen molar-refractivity contribution in [2.45, 2.75) is 13.0 Å². The summed E-state index contributed by atoms with van der Waals surface area (Å²) < 4.78 is 12.9. The zero-order chi connectivity index (χ0) is 19.8. The van der Waals surface area contributed by atoms with Gasteiger partial charge in [0.2, 0.25) is 11.8 Å². The Morgan fingerprint density at radius 1 is 1.07 bits per heavy atom. The van der Waals surface area contributed by atoms with Gasteiger partial charge in [-0.2, -0.15) is 0 Å². The molecule has 7 heteroatoms. The van der Waals surface area contributed by atoms with Gasteiger partial charge in [-0.1, -0.05) is 42.5 Å². The first kappa shape index (κ1) is 19.4. The second-order valence-electron chi connectivity index (χ2n) is 5.96. The number of rotatable bonds is 7. The summed E-state index contributed by atoms with van der Waals surface area (Å²) in [7, 11) is 0. The quantitative estimate of drug-likeness (QED) is 0.598. The van der Waals surface area contributed by atoms with Crippen molar-refractivity contribution in [3.8, 4) is 0 Å². The molecule has 0 fully saturated rings. The maximum Gasteiger partial charge on any atom is 0.250 e. The summed E-state index contributed by atoms with van der Waals surface area (Å²) in [6.45, 7) is 0.317. The number of nitrogens with zero attached hydrogens (tertiary/aromatic N) is 1. The zero-order valence-electron chi connectivity index (χ0n) is 14.9. The average molecular weight is 395 g/mol. The highest BCUT2D eigenvalue weighted by Crippen LogP contribution is 2.16. The summed E-state index contributed by atoms with van der Waals surface area (Å²) in [5, 5.41) is 7.61. The summed E-state index contributed by atoms with van der Waals surface area (Å²) >= 11 is 1.26. The molecule has 0 aliphatic carbocycles. The Labute approximate surface area is 165 Å². The smallest absolute Gasteiger partial charge is 0.250 e. The fraction of sp³-hybridized carbons (Fsp3) is 0.0952. The number of carbonyl (C=O) groups excluding carboxylic acids is 2. The molecule has 28 heavy (non-hydrogen) atoms. The third-order valence-electron chi connectivity index (χ3n) is 3.75. The lowest BCUT2D eigenvalue weighted by Gasteiger charge is -2.04. The van der Waals surface area contributed by atoms with E-state index in [-0.39, 0.29) is 24.1 Å². The topological polar surface area (TPSA) is 71.1 Å². The van der Waals surface area contributed by atoms with Crippen molar-refractivity contribution in [2.24, 2.45) is 0 Å². The van der Waals surface area contributed by atoms with Crippen LogP contribution >= 0.6 is 11.3 Å². The first-order valence-electron chi connectivity index (χ1n) is 8.58. The number of amides is 2. The van der Waals surface area contributed by atoms with Gasteiger partial charge in [0.05, 0.1) is 12.1 Å².